The van der Waals surface area contributed by atoms with Gasteiger partial charge in [0.15, 0.2) is 0 Å². The van der Waals surface area contributed by atoms with Crippen LogP contribution in [-0.4, -0.2) is 11.1 Å². The average Bonchev–Trinajstić information content (AvgIpc) is 2.30. The molecule has 0 unspecified atom stereocenters. The van der Waals surface area contributed by atoms with Crippen LogP contribution < -0.4 is 5.73 Å². The number of nitrogens with two attached hydrogens (primary N) is 1. The van der Waals surface area contributed by atoms with Crippen LogP contribution in [0, 0.1) is 5.82 Å². The third-order valence-corrected chi connectivity index (χ3v) is 4.65. The topological polar surface area (TPSA) is 46.2 Å². The van der Waals surface area contributed by atoms with Crippen LogP contribution in [0.5, 0.6) is 0 Å². The quantitative estimate of drug-likeness (QED) is 0.779. The average molecular weight is 323 g/mol. The molecule has 0 heterocycles. The van der Waals surface area contributed by atoms with E-state index in [4.69, 9.17) is 17.3 Å². The number of halogens is 3. The van der Waals surface area contributed by atoms with E-state index < -0.39 is 11.4 Å². The zero-order chi connectivity index (χ0) is 12.6. The summed E-state index contributed by atoms with van der Waals surface area (Å²) < 4.78 is 14.5. The fourth-order valence-electron chi connectivity index (χ4n) is 2.27. The summed E-state index contributed by atoms with van der Waals surface area (Å²) in [5.41, 5.74) is 4.93. The molecule has 0 aromatic heterocycles. The molecule has 0 amide bonds. The summed E-state index contributed by atoms with van der Waals surface area (Å²) in [6.45, 7) is 0. The van der Waals surface area contributed by atoms with E-state index in [0.717, 1.165) is 0 Å². The Kier molecular flexibility index (Phi) is 3.78. The van der Waals surface area contributed by atoms with E-state index in [-0.39, 0.29) is 16.6 Å². The van der Waals surface area contributed by atoms with Crippen LogP contribution in [0.2, 0.25) is 5.02 Å². The number of rotatable bonds is 1. The molecule has 1 aliphatic carbocycles. The summed E-state index contributed by atoms with van der Waals surface area (Å²) >= 11 is 8.99. The van der Waals surface area contributed by atoms with Crippen molar-refractivity contribution in [2.45, 2.75) is 37.3 Å². The van der Waals surface area contributed by atoms with Crippen LogP contribution >= 0.6 is 27.5 Å². The second kappa shape index (κ2) is 4.84. The lowest BCUT2D eigenvalue weighted by Gasteiger charge is -2.35. The molecule has 1 fully saturated rings. The van der Waals surface area contributed by atoms with E-state index in [1.807, 2.05) is 0 Å². The van der Waals surface area contributed by atoms with Gasteiger partial charge in [-0.05, 0) is 47.7 Å². The fourth-order valence-corrected chi connectivity index (χ4v) is 2.74. The number of aliphatic hydroxyl groups is 1. The molecule has 0 saturated heterocycles. The summed E-state index contributed by atoms with van der Waals surface area (Å²) in [6, 6.07) is 3.35. The molecule has 0 bridgehead atoms. The maximum atomic E-state index is 14.0. The molecular formula is C12H14BrClFNO. The predicted octanol–water partition coefficient (Wildman–Crippen LogP) is 3.33. The molecule has 5 heteroatoms. The number of benzene rings is 1. The Labute approximate surface area is 113 Å². The molecular weight excluding hydrogens is 308 g/mol. The normalized spacial score (nSPS) is 29.4. The molecule has 3 N–H and O–H groups in total. The largest absolute Gasteiger partial charge is 0.385 e. The molecule has 0 spiro atoms. The Balaban J connectivity index is 2.37. The first-order valence-corrected chi connectivity index (χ1v) is 6.73. The second-order valence-electron chi connectivity index (χ2n) is 4.59. The molecule has 1 aromatic carbocycles. The molecule has 0 radical (unpaired) electrons. The van der Waals surface area contributed by atoms with Crippen molar-refractivity contribution in [2.75, 3.05) is 0 Å². The highest BCUT2D eigenvalue weighted by molar-refractivity contribution is 9.10. The van der Waals surface area contributed by atoms with Crippen molar-refractivity contribution in [1.82, 2.24) is 0 Å². The van der Waals surface area contributed by atoms with Gasteiger partial charge in [-0.1, -0.05) is 17.7 Å². The first-order chi connectivity index (χ1) is 7.94. The summed E-state index contributed by atoms with van der Waals surface area (Å²) in [4.78, 5) is 0. The smallest absolute Gasteiger partial charge is 0.149 e. The van der Waals surface area contributed by atoms with Gasteiger partial charge in [0.2, 0.25) is 0 Å². The van der Waals surface area contributed by atoms with Gasteiger partial charge in [-0.25, -0.2) is 4.39 Å². The summed E-state index contributed by atoms with van der Waals surface area (Å²) in [6.07, 6.45) is 2.35. The molecule has 17 heavy (non-hydrogen) atoms. The highest BCUT2D eigenvalue weighted by atomic mass is 79.9. The van der Waals surface area contributed by atoms with E-state index in [2.05, 4.69) is 15.9 Å². The van der Waals surface area contributed by atoms with Crippen molar-refractivity contribution in [2.24, 2.45) is 5.73 Å². The molecule has 1 aromatic rings. The van der Waals surface area contributed by atoms with Gasteiger partial charge in [0.1, 0.15) is 5.82 Å². The van der Waals surface area contributed by atoms with Gasteiger partial charge in [0, 0.05) is 16.1 Å². The number of hydrogen-bond acceptors (Lipinski definition) is 2. The van der Waals surface area contributed by atoms with Crippen LogP contribution in [0.4, 0.5) is 4.39 Å². The molecule has 2 rings (SSSR count). The highest BCUT2D eigenvalue weighted by Gasteiger charge is 2.36. The van der Waals surface area contributed by atoms with Gasteiger partial charge in [-0.15, -0.1) is 0 Å². The maximum Gasteiger partial charge on any atom is 0.149 e. The lowest BCUT2D eigenvalue weighted by molar-refractivity contribution is -0.00799. The SMILES string of the molecule is NC1CCC(O)(c2ccc(Br)c(Cl)c2F)CC1. The van der Waals surface area contributed by atoms with E-state index in [1.54, 1.807) is 12.1 Å². The Morgan fingerprint density at radius 2 is 2.00 bits per heavy atom. The lowest BCUT2D eigenvalue weighted by Crippen LogP contribution is -2.37. The van der Waals surface area contributed by atoms with Gasteiger partial charge >= 0.3 is 0 Å². The van der Waals surface area contributed by atoms with Gasteiger partial charge in [-0.2, -0.15) is 0 Å². The van der Waals surface area contributed by atoms with Gasteiger partial charge in [-0.3, -0.25) is 0 Å². The Hall–Kier alpha value is -0.160. The van der Waals surface area contributed by atoms with E-state index in [9.17, 15) is 9.50 Å². The predicted molar refractivity (Wildman–Crippen MR) is 69.5 cm³/mol. The maximum absolute atomic E-state index is 14.0. The van der Waals surface area contributed by atoms with Crippen molar-refractivity contribution < 1.29 is 9.50 Å². The van der Waals surface area contributed by atoms with E-state index >= 15 is 0 Å². The summed E-state index contributed by atoms with van der Waals surface area (Å²) in [5, 5.41) is 10.5. The van der Waals surface area contributed by atoms with Crippen LogP contribution in [0.15, 0.2) is 16.6 Å². The van der Waals surface area contributed by atoms with Crippen molar-refractivity contribution in [3.05, 3.63) is 33.0 Å². The Bertz CT molecular complexity index is 433. The monoisotopic (exact) mass is 321 g/mol. The van der Waals surface area contributed by atoms with Crippen LogP contribution in [0.25, 0.3) is 0 Å². The summed E-state index contributed by atoms with van der Waals surface area (Å²) in [5.74, 6) is -0.543. The van der Waals surface area contributed by atoms with Gasteiger partial charge < -0.3 is 10.8 Å². The molecule has 0 atom stereocenters. The Morgan fingerprint density at radius 1 is 1.41 bits per heavy atom. The summed E-state index contributed by atoms with van der Waals surface area (Å²) in [7, 11) is 0. The Morgan fingerprint density at radius 3 is 2.59 bits per heavy atom. The number of hydrogen-bond donors (Lipinski definition) is 2. The fraction of sp³-hybridized carbons (Fsp3) is 0.500. The first-order valence-electron chi connectivity index (χ1n) is 5.56. The third-order valence-electron chi connectivity index (χ3n) is 3.39. The molecule has 0 aliphatic heterocycles. The molecule has 94 valence electrons. The zero-order valence-corrected chi connectivity index (χ0v) is 11.6. The zero-order valence-electron chi connectivity index (χ0n) is 9.22. The molecule has 1 saturated carbocycles. The molecule has 2 nitrogen and oxygen atoms in total. The van der Waals surface area contributed by atoms with Crippen LogP contribution in [-0.2, 0) is 5.60 Å². The van der Waals surface area contributed by atoms with Gasteiger partial charge in [0.25, 0.3) is 0 Å². The standard InChI is InChI=1S/C12H14BrClFNO/c13-9-2-1-8(11(15)10(9)14)12(17)5-3-7(16)4-6-12/h1-2,7,17H,3-6,16H2. The second-order valence-corrected chi connectivity index (χ2v) is 5.82. The third kappa shape index (κ3) is 2.50. The lowest BCUT2D eigenvalue weighted by atomic mass is 9.78. The van der Waals surface area contributed by atoms with Crippen LogP contribution in [0.3, 0.4) is 0 Å². The minimum absolute atomic E-state index is 0.0193. The van der Waals surface area contributed by atoms with E-state index in [1.165, 1.54) is 0 Å². The van der Waals surface area contributed by atoms with Crippen molar-refractivity contribution in [3.63, 3.8) is 0 Å². The highest BCUT2D eigenvalue weighted by Crippen LogP contribution is 2.40. The van der Waals surface area contributed by atoms with Gasteiger partial charge in [0.05, 0.1) is 10.6 Å². The first kappa shape index (κ1) is 13.3. The van der Waals surface area contributed by atoms with E-state index in [0.29, 0.717) is 30.2 Å². The minimum Gasteiger partial charge on any atom is -0.385 e. The molecule has 1 aliphatic rings. The van der Waals surface area contributed by atoms with Crippen molar-refractivity contribution in [1.29, 1.82) is 0 Å². The van der Waals surface area contributed by atoms with Crippen LogP contribution in [0.1, 0.15) is 31.2 Å². The van der Waals surface area contributed by atoms with Crippen molar-refractivity contribution >= 4 is 27.5 Å². The minimum atomic E-state index is -1.13. The van der Waals surface area contributed by atoms with Crippen molar-refractivity contribution in [3.8, 4) is 0 Å².